The molecule has 0 radical (unpaired) electrons. The molecular weight excluding hydrogens is 242 g/mol. The van der Waals surface area contributed by atoms with Crippen molar-refractivity contribution in [3.05, 3.63) is 0 Å². The number of nitrogens with zero attached hydrogens (tertiary/aromatic N) is 1. The molecule has 6 heteroatoms. The number of Topliss-reactive ketones (excluding diaryl/α,β-unsaturated/α-hetero) is 1. The van der Waals surface area contributed by atoms with Gasteiger partial charge in [-0.05, 0) is 26.7 Å². The van der Waals surface area contributed by atoms with Crippen LogP contribution in [0.1, 0.15) is 33.1 Å². The lowest BCUT2D eigenvalue weighted by molar-refractivity contribution is -0.117. The molecule has 0 N–H and O–H groups in total. The summed E-state index contributed by atoms with van der Waals surface area (Å²) in [6.45, 7) is 4.62. The van der Waals surface area contributed by atoms with Gasteiger partial charge in [0, 0.05) is 25.6 Å². The Hall–Kier alpha value is -0.460. The average Bonchev–Trinajstić information content (AvgIpc) is 2.65. The van der Waals surface area contributed by atoms with E-state index in [1.54, 1.807) is 0 Å². The van der Waals surface area contributed by atoms with Crippen molar-refractivity contribution in [2.75, 3.05) is 25.5 Å². The predicted octanol–water partition coefficient (Wildman–Crippen LogP) is 0.796. The highest BCUT2D eigenvalue weighted by Gasteiger charge is 2.34. The third-order valence-electron chi connectivity index (χ3n) is 2.89. The predicted molar refractivity (Wildman–Crippen MR) is 65.3 cm³/mol. The van der Waals surface area contributed by atoms with Crippen molar-refractivity contribution in [3.63, 3.8) is 0 Å². The number of carbonyl (C=O) groups is 1. The van der Waals surface area contributed by atoms with E-state index in [-0.39, 0.29) is 24.2 Å². The molecule has 0 bridgehead atoms. The SMILES string of the molecule is CCOCCS(=O)(=O)N1CCCC1CC(C)=O. The molecule has 1 aliphatic rings. The van der Waals surface area contributed by atoms with Crippen LogP contribution < -0.4 is 0 Å². The number of carbonyl (C=O) groups excluding carboxylic acids is 1. The summed E-state index contributed by atoms with van der Waals surface area (Å²) in [5.41, 5.74) is 0. The van der Waals surface area contributed by atoms with Crippen LogP contribution in [0.15, 0.2) is 0 Å². The van der Waals surface area contributed by atoms with Gasteiger partial charge in [0.25, 0.3) is 0 Å². The first-order valence-corrected chi connectivity index (χ1v) is 7.65. The van der Waals surface area contributed by atoms with Gasteiger partial charge >= 0.3 is 0 Å². The van der Waals surface area contributed by atoms with Crippen molar-refractivity contribution in [1.82, 2.24) is 4.31 Å². The van der Waals surface area contributed by atoms with E-state index in [0.29, 0.717) is 19.6 Å². The average molecular weight is 263 g/mol. The van der Waals surface area contributed by atoms with Crippen LogP contribution in [0, 0.1) is 0 Å². The van der Waals surface area contributed by atoms with E-state index in [1.807, 2.05) is 6.92 Å². The number of ether oxygens (including phenoxy) is 1. The summed E-state index contributed by atoms with van der Waals surface area (Å²) >= 11 is 0. The molecule has 1 saturated heterocycles. The molecule has 1 fully saturated rings. The van der Waals surface area contributed by atoms with Gasteiger partial charge in [0.2, 0.25) is 10.0 Å². The van der Waals surface area contributed by atoms with Crippen LogP contribution in [-0.4, -0.2) is 50.1 Å². The quantitative estimate of drug-likeness (QED) is 0.637. The zero-order valence-electron chi connectivity index (χ0n) is 10.5. The van der Waals surface area contributed by atoms with Gasteiger partial charge in [-0.25, -0.2) is 8.42 Å². The zero-order chi connectivity index (χ0) is 12.9. The Balaban J connectivity index is 2.59. The van der Waals surface area contributed by atoms with E-state index in [9.17, 15) is 13.2 Å². The van der Waals surface area contributed by atoms with Crippen LogP contribution in [0.5, 0.6) is 0 Å². The van der Waals surface area contributed by atoms with Crippen LogP contribution in [0.25, 0.3) is 0 Å². The summed E-state index contributed by atoms with van der Waals surface area (Å²) < 4.78 is 30.6. The normalized spacial score (nSPS) is 21.9. The molecule has 1 unspecified atom stereocenters. The number of hydrogen-bond acceptors (Lipinski definition) is 4. The fraction of sp³-hybridized carbons (Fsp3) is 0.909. The van der Waals surface area contributed by atoms with Gasteiger partial charge in [-0.15, -0.1) is 0 Å². The molecule has 5 nitrogen and oxygen atoms in total. The second kappa shape index (κ2) is 6.47. The van der Waals surface area contributed by atoms with Crippen molar-refractivity contribution in [2.45, 2.75) is 39.2 Å². The molecule has 1 rings (SSSR count). The molecule has 0 amide bonds. The van der Waals surface area contributed by atoms with Gasteiger partial charge in [0.05, 0.1) is 12.4 Å². The highest BCUT2D eigenvalue weighted by Crippen LogP contribution is 2.23. The van der Waals surface area contributed by atoms with E-state index in [4.69, 9.17) is 4.74 Å². The first-order chi connectivity index (χ1) is 7.97. The number of rotatable bonds is 7. The second-order valence-electron chi connectivity index (χ2n) is 4.33. The van der Waals surface area contributed by atoms with Crippen LogP contribution in [-0.2, 0) is 19.6 Å². The van der Waals surface area contributed by atoms with Crippen molar-refractivity contribution in [2.24, 2.45) is 0 Å². The molecule has 0 aromatic carbocycles. The summed E-state index contributed by atoms with van der Waals surface area (Å²) in [4.78, 5) is 11.1. The maximum atomic E-state index is 12.0. The summed E-state index contributed by atoms with van der Waals surface area (Å²) in [5.74, 6) is 0.0526. The molecule has 1 atom stereocenters. The monoisotopic (exact) mass is 263 g/mol. The number of ketones is 1. The molecule has 100 valence electrons. The molecular formula is C11H21NO4S. The van der Waals surface area contributed by atoms with E-state index < -0.39 is 10.0 Å². The lowest BCUT2D eigenvalue weighted by atomic mass is 10.1. The van der Waals surface area contributed by atoms with Crippen LogP contribution in [0.4, 0.5) is 0 Å². The highest BCUT2D eigenvalue weighted by molar-refractivity contribution is 7.89. The molecule has 0 aliphatic carbocycles. The molecule has 1 aliphatic heterocycles. The van der Waals surface area contributed by atoms with Gasteiger partial charge in [0.1, 0.15) is 5.78 Å². The molecule has 0 saturated carbocycles. The third-order valence-corrected chi connectivity index (χ3v) is 4.77. The Kier molecular flexibility index (Phi) is 5.55. The third kappa shape index (κ3) is 4.37. The van der Waals surface area contributed by atoms with E-state index in [1.165, 1.54) is 11.2 Å². The maximum absolute atomic E-state index is 12.0. The van der Waals surface area contributed by atoms with Gasteiger partial charge < -0.3 is 4.74 Å². The Bertz CT molecular complexity index is 352. The minimum atomic E-state index is -3.27. The molecule has 0 aromatic heterocycles. The molecule has 0 aromatic rings. The topological polar surface area (TPSA) is 63.7 Å². The Morgan fingerprint density at radius 1 is 1.47 bits per heavy atom. The number of hydrogen-bond donors (Lipinski definition) is 0. The minimum absolute atomic E-state index is 0.00917. The molecule has 17 heavy (non-hydrogen) atoms. The van der Waals surface area contributed by atoms with Crippen molar-refractivity contribution in [1.29, 1.82) is 0 Å². The highest BCUT2D eigenvalue weighted by atomic mass is 32.2. The van der Waals surface area contributed by atoms with E-state index >= 15 is 0 Å². The summed E-state index contributed by atoms with van der Waals surface area (Å²) in [5, 5.41) is 0. The van der Waals surface area contributed by atoms with Gasteiger partial charge in [-0.1, -0.05) is 0 Å². The molecule has 1 heterocycles. The zero-order valence-corrected chi connectivity index (χ0v) is 11.3. The summed E-state index contributed by atoms with van der Waals surface area (Å²) in [6.07, 6.45) is 1.95. The van der Waals surface area contributed by atoms with Gasteiger partial charge in [0.15, 0.2) is 0 Å². The van der Waals surface area contributed by atoms with Crippen molar-refractivity contribution in [3.8, 4) is 0 Å². The van der Waals surface area contributed by atoms with Crippen molar-refractivity contribution >= 4 is 15.8 Å². The van der Waals surface area contributed by atoms with Gasteiger partial charge in [-0.3, -0.25) is 4.79 Å². The van der Waals surface area contributed by atoms with E-state index in [0.717, 1.165) is 12.8 Å². The fourth-order valence-electron chi connectivity index (χ4n) is 2.14. The Labute approximate surface area is 103 Å². The minimum Gasteiger partial charge on any atom is -0.381 e. The first-order valence-electron chi connectivity index (χ1n) is 6.04. The standard InChI is InChI=1S/C11H21NO4S/c1-3-16-7-8-17(14,15)12-6-4-5-11(12)9-10(2)13/h11H,3-9H2,1-2H3. The lowest BCUT2D eigenvalue weighted by Crippen LogP contribution is -2.39. The Morgan fingerprint density at radius 3 is 2.76 bits per heavy atom. The maximum Gasteiger partial charge on any atom is 0.216 e. The smallest absolute Gasteiger partial charge is 0.216 e. The summed E-state index contributed by atoms with van der Waals surface area (Å²) in [7, 11) is -3.27. The first kappa shape index (κ1) is 14.6. The summed E-state index contributed by atoms with van der Waals surface area (Å²) in [6, 6.07) is -0.140. The van der Waals surface area contributed by atoms with Crippen LogP contribution >= 0.6 is 0 Å². The largest absolute Gasteiger partial charge is 0.381 e. The van der Waals surface area contributed by atoms with Crippen LogP contribution in [0.3, 0.4) is 0 Å². The number of sulfonamides is 1. The van der Waals surface area contributed by atoms with Gasteiger partial charge in [-0.2, -0.15) is 4.31 Å². The van der Waals surface area contributed by atoms with E-state index in [2.05, 4.69) is 0 Å². The van der Waals surface area contributed by atoms with Crippen LogP contribution in [0.2, 0.25) is 0 Å². The van der Waals surface area contributed by atoms with Crippen molar-refractivity contribution < 1.29 is 17.9 Å². The second-order valence-corrected chi connectivity index (χ2v) is 6.37. The lowest BCUT2D eigenvalue weighted by Gasteiger charge is -2.23. The fourth-order valence-corrected chi connectivity index (χ4v) is 3.74. The molecule has 0 spiro atoms. The Morgan fingerprint density at radius 2 is 2.18 bits per heavy atom.